The van der Waals surface area contributed by atoms with Crippen LogP contribution in [-0.2, 0) is 4.79 Å². The van der Waals surface area contributed by atoms with Gasteiger partial charge < -0.3 is 30.6 Å². The van der Waals surface area contributed by atoms with E-state index >= 15 is 0 Å². The normalized spacial score (nSPS) is 10.3. The first-order valence-corrected chi connectivity index (χ1v) is 9.38. The number of fused-ring (bicyclic) bond motifs is 1. The fourth-order valence-corrected chi connectivity index (χ4v) is 2.85. The fourth-order valence-electron chi connectivity index (χ4n) is 2.63. The largest absolute Gasteiger partial charge is 0.493 e. The lowest BCUT2D eigenvalue weighted by molar-refractivity contribution is -0.117. The van der Waals surface area contributed by atoms with E-state index in [1.807, 2.05) is 12.1 Å². The zero-order valence-electron chi connectivity index (χ0n) is 16.5. The SMILES string of the molecule is COc1cc2ncnc(Oc3ccc(NC(=S)NCCC(N)=O)cc3)c2cc1OC. The minimum absolute atomic E-state index is 0.206. The van der Waals surface area contributed by atoms with Crippen molar-refractivity contribution in [2.45, 2.75) is 6.42 Å². The maximum atomic E-state index is 10.8. The van der Waals surface area contributed by atoms with Crippen molar-refractivity contribution in [3.8, 4) is 23.1 Å². The third-order valence-electron chi connectivity index (χ3n) is 4.09. The highest BCUT2D eigenvalue weighted by molar-refractivity contribution is 7.80. The lowest BCUT2D eigenvalue weighted by Gasteiger charge is -2.12. The number of carbonyl (C=O) groups excluding carboxylic acids is 1. The van der Waals surface area contributed by atoms with Gasteiger partial charge >= 0.3 is 0 Å². The number of rotatable bonds is 8. The average Bonchev–Trinajstić information content (AvgIpc) is 2.74. The molecule has 156 valence electrons. The Balaban J connectivity index is 1.71. The molecule has 4 N–H and O–H groups in total. The van der Waals surface area contributed by atoms with Crippen molar-refractivity contribution < 1.29 is 19.0 Å². The third-order valence-corrected chi connectivity index (χ3v) is 4.33. The number of benzene rings is 2. The molecule has 0 saturated heterocycles. The van der Waals surface area contributed by atoms with Gasteiger partial charge in [0, 0.05) is 24.7 Å². The van der Waals surface area contributed by atoms with E-state index in [2.05, 4.69) is 20.6 Å². The molecule has 3 aromatic rings. The monoisotopic (exact) mass is 427 g/mol. The van der Waals surface area contributed by atoms with Gasteiger partial charge in [-0.15, -0.1) is 0 Å². The smallest absolute Gasteiger partial charge is 0.230 e. The highest BCUT2D eigenvalue weighted by atomic mass is 32.1. The Morgan fingerprint density at radius 2 is 1.80 bits per heavy atom. The molecule has 0 aliphatic heterocycles. The van der Waals surface area contributed by atoms with Crippen molar-refractivity contribution in [3.05, 3.63) is 42.7 Å². The van der Waals surface area contributed by atoms with Crippen LogP contribution in [0, 0.1) is 0 Å². The molecule has 1 aromatic heterocycles. The van der Waals surface area contributed by atoms with Gasteiger partial charge in [0.15, 0.2) is 16.6 Å². The Bertz CT molecular complexity index is 1060. The highest BCUT2D eigenvalue weighted by Crippen LogP contribution is 2.35. The molecule has 30 heavy (non-hydrogen) atoms. The van der Waals surface area contributed by atoms with Gasteiger partial charge in [0.2, 0.25) is 11.8 Å². The quantitative estimate of drug-likeness (QED) is 0.466. The number of aromatic nitrogens is 2. The van der Waals surface area contributed by atoms with Crippen LogP contribution in [0.4, 0.5) is 5.69 Å². The molecule has 0 unspecified atom stereocenters. The molecule has 2 aromatic carbocycles. The molecule has 0 aliphatic rings. The summed E-state index contributed by atoms with van der Waals surface area (Å²) in [6.45, 7) is 0.372. The Kier molecular flexibility index (Phi) is 6.81. The maximum absolute atomic E-state index is 10.8. The summed E-state index contributed by atoms with van der Waals surface area (Å²) in [6, 6.07) is 10.7. The minimum atomic E-state index is -0.389. The summed E-state index contributed by atoms with van der Waals surface area (Å²) in [5, 5.41) is 7.01. The Hall–Kier alpha value is -3.66. The van der Waals surface area contributed by atoms with Crippen LogP contribution in [0.3, 0.4) is 0 Å². The second-order valence-corrected chi connectivity index (χ2v) is 6.54. The topological polar surface area (TPSA) is 121 Å². The maximum Gasteiger partial charge on any atom is 0.230 e. The number of nitrogens with one attached hydrogen (secondary N) is 2. The summed E-state index contributed by atoms with van der Waals surface area (Å²) < 4.78 is 16.6. The number of hydrogen-bond acceptors (Lipinski definition) is 7. The van der Waals surface area contributed by atoms with E-state index in [9.17, 15) is 4.79 Å². The van der Waals surface area contributed by atoms with Crippen molar-refractivity contribution in [3.63, 3.8) is 0 Å². The molecule has 1 amide bonds. The molecule has 10 heteroatoms. The van der Waals surface area contributed by atoms with E-state index < -0.39 is 0 Å². The summed E-state index contributed by atoms with van der Waals surface area (Å²) in [4.78, 5) is 19.3. The van der Waals surface area contributed by atoms with Crippen LogP contribution in [0.15, 0.2) is 42.7 Å². The predicted octanol–water partition coefficient (Wildman–Crippen LogP) is 2.60. The highest BCUT2D eigenvalue weighted by Gasteiger charge is 2.12. The second kappa shape index (κ2) is 9.70. The molecule has 9 nitrogen and oxygen atoms in total. The standard InChI is InChI=1S/C20H21N5O4S/c1-27-16-9-14-15(10-17(16)28-2)23-11-24-19(14)29-13-5-3-12(4-6-13)25-20(30)22-8-7-18(21)26/h3-6,9-11H,7-8H2,1-2H3,(H2,21,26)(H2,22,25,30). The first-order valence-electron chi connectivity index (χ1n) is 8.98. The molecular weight excluding hydrogens is 406 g/mol. The number of hydrogen-bond donors (Lipinski definition) is 3. The van der Waals surface area contributed by atoms with E-state index in [0.717, 1.165) is 5.69 Å². The van der Waals surface area contributed by atoms with Crippen LogP contribution in [0.5, 0.6) is 23.1 Å². The summed E-state index contributed by atoms with van der Waals surface area (Å²) in [5.74, 6) is 1.72. The number of carbonyl (C=O) groups is 1. The van der Waals surface area contributed by atoms with Crippen LogP contribution < -0.4 is 30.6 Å². The van der Waals surface area contributed by atoms with Gasteiger partial charge in [-0.25, -0.2) is 9.97 Å². The molecule has 1 heterocycles. The van der Waals surface area contributed by atoms with Crippen LogP contribution in [0.2, 0.25) is 0 Å². The van der Waals surface area contributed by atoms with E-state index in [1.165, 1.54) is 6.33 Å². The Morgan fingerprint density at radius 3 is 2.47 bits per heavy atom. The fraction of sp³-hybridized carbons (Fsp3) is 0.200. The van der Waals surface area contributed by atoms with Crippen molar-refractivity contribution in [2.24, 2.45) is 5.73 Å². The minimum Gasteiger partial charge on any atom is -0.493 e. The second-order valence-electron chi connectivity index (χ2n) is 6.13. The van der Waals surface area contributed by atoms with Crippen LogP contribution >= 0.6 is 12.2 Å². The van der Waals surface area contributed by atoms with Gasteiger partial charge in [-0.3, -0.25) is 4.79 Å². The van der Waals surface area contributed by atoms with Gasteiger partial charge in [0.25, 0.3) is 0 Å². The van der Waals surface area contributed by atoms with Gasteiger partial charge in [-0.05, 0) is 42.5 Å². The first-order chi connectivity index (χ1) is 14.5. The molecule has 3 rings (SSSR count). The van der Waals surface area contributed by atoms with Crippen molar-refractivity contribution in [1.29, 1.82) is 0 Å². The molecule has 0 aliphatic carbocycles. The number of amides is 1. The molecular formula is C20H21N5O4S. The lowest BCUT2D eigenvalue weighted by atomic mass is 10.2. The number of thiocarbonyl (C=S) groups is 1. The number of methoxy groups -OCH3 is 2. The van der Waals surface area contributed by atoms with Crippen LogP contribution in [0.1, 0.15) is 6.42 Å². The number of ether oxygens (including phenoxy) is 3. The Morgan fingerprint density at radius 1 is 1.10 bits per heavy atom. The van der Waals surface area contributed by atoms with Gasteiger partial charge in [0.05, 0.1) is 25.1 Å². The summed E-state index contributed by atoms with van der Waals surface area (Å²) in [6.07, 6.45) is 1.63. The predicted molar refractivity (Wildman–Crippen MR) is 117 cm³/mol. The summed E-state index contributed by atoms with van der Waals surface area (Å²) >= 11 is 5.18. The average molecular weight is 427 g/mol. The number of nitrogens with zero attached hydrogens (tertiary/aromatic N) is 2. The lowest BCUT2D eigenvalue weighted by Crippen LogP contribution is -2.31. The molecule has 0 radical (unpaired) electrons. The number of nitrogens with two attached hydrogens (primary N) is 1. The van der Waals surface area contributed by atoms with Crippen molar-refractivity contribution in [1.82, 2.24) is 15.3 Å². The summed E-state index contributed by atoms with van der Waals surface area (Å²) in [7, 11) is 3.13. The van der Waals surface area contributed by atoms with Crippen LogP contribution in [0.25, 0.3) is 10.9 Å². The molecule has 0 spiro atoms. The molecule has 0 saturated carbocycles. The zero-order chi connectivity index (χ0) is 21.5. The first kappa shape index (κ1) is 21.1. The molecule has 0 fully saturated rings. The van der Waals surface area contributed by atoms with Crippen LogP contribution in [-0.4, -0.2) is 41.8 Å². The summed E-state index contributed by atoms with van der Waals surface area (Å²) in [5.41, 5.74) is 6.53. The van der Waals surface area contributed by atoms with Crippen molar-refractivity contribution >= 4 is 39.8 Å². The van der Waals surface area contributed by atoms with E-state index in [1.54, 1.807) is 38.5 Å². The van der Waals surface area contributed by atoms with Crippen molar-refractivity contribution in [2.75, 3.05) is 26.1 Å². The van der Waals surface area contributed by atoms with E-state index in [4.69, 9.17) is 32.2 Å². The van der Waals surface area contributed by atoms with Gasteiger partial charge in [-0.1, -0.05) is 0 Å². The number of anilines is 1. The van der Waals surface area contributed by atoms with E-state index in [-0.39, 0.29) is 12.3 Å². The zero-order valence-corrected chi connectivity index (χ0v) is 17.3. The van der Waals surface area contributed by atoms with Gasteiger partial charge in [0.1, 0.15) is 12.1 Å². The van der Waals surface area contributed by atoms with E-state index in [0.29, 0.717) is 45.7 Å². The number of primary amides is 1. The van der Waals surface area contributed by atoms with Gasteiger partial charge in [-0.2, -0.15) is 0 Å². The third kappa shape index (κ3) is 5.23. The Labute approximate surface area is 178 Å². The molecule has 0 atom stereocenters. The molecule has 0 bridgehead atoms.